The predicted octanol–water partition coefficient (Wildman–Crippen LogP) is 19.5. The number of allylic oxidation sites excluding steroid dienone is 20. The van der Waals surface area contributed by atoms with Gasteiger partial charge in [0.1, 0.15) is 13.2 Å². The topological polar surface area (TPSA) is 111 Å². The van der Waals surface area contributed by atoms with E-state index in [0.29, 0.717) is 17.4 Å². The third-order valence-electron chi connectivity index (χ3n) is 14.2. The Bertz CT molecular complexity index is 1780. The first-order valence-electron chi connectivity index (χ1n) is 33.7. The minimum atomic E-state index is -1.63. The maximum Gasteiger partial charge on any atom is 0.306 e. The zero-order valence-corrected chi connectivity index (χ0v) is 54.0. The minimum Gasteiger partial charge on any atom is -0.545 e. The Hall–Kier alpha value is -4.31. The maximum atomic E-state index is 12.9. The van der Waals surface area contributed by atoms with Gasteiger partial charge in [0.25, 0.3) is 0 Å². The highest BCUT2D eigenvalue weighted by Gasteiger charge is 2.22. The van der Waals surface area contributed by atoms with E-state index >= 15 is 0 Å². The Balaban J connectivity index is 4.21. The normalized spacial score (nSPS) is 13.5. The van der Waals surface area contributed by atoms with Crippen LogP contribution in [0.1, 0.15) is 271 Å². The summed E-state index contributed by atoms with van der Waals surface area (Å²) < 4.78 is 22.8. The van der Waals surface area contributed by atoms with Gasteiger partial charge in [-0.05, 0) is 109 Å². The quantitative estimate of drug-likeness (QED) is 0.0195. The van der Waals surface area contributed by atoms with E-state index < -0.39 is 24.3 Å². The van der Waals surface area contributed by atoms with Gasteiger partial charge in [-0.15, -0.1) is 0 Å². The van der Waals surface area contributed by atoms with Crippen molar-refractivity contribution in [2.45, 2.75) is 283 Å². The van der Waals surface area contributed by atoms with E-state index in [1.54, 1.807) is 0 Å². The molecule has 2 atom stereocenters. The highest BCUT2D eigenvalue weighted by Crippen LogP contribution is 2.16. The van der Waals surface area contributed by atoms with Gasteiger partial charge in [0, 0.05) is 12.8 Å². The average molecular weight is 1160 g/mol. The molecule has 9 heteroatoms. The Labute approximate surface area is 510 Å². The van der Waals surface area contributed by atoms with Gasteiger partial charge >= 0.3 is 11.9 Å². The SMILES string of the molecule is CC/C=C\C/C=C\C/C=C\C/C=C\C/C=C\C/C=C\C/C=C\CCCCCCCCCC(=O)OC(COC(=O)CCCCCCCCCCCCCCCC/C=C\C/C=C\C/C=C\CCCCCCC)COC(OCC[N+](C)(C)C)C(=O)[O-]. The molecule has 0 spiro atoms. The largest absolute Gasteiger partial charge is 0.545 e. The first-order chi connectivity index (χ1) is 40.6. The highest BCUT2D eigenvalue weighted by atomic mass is 16.7. The van der Waals surface area contributed by atoms with Crippen LogP contribution < -0.4 is 5.11 Å². The van der Waals surface area contributed by atoms with Crippen molar-refractivity contribution in [2.75, 3.05) is 47.5 Å². The van der Waals surface area contributed by atoms with Crippen LogP contribution in [0.5, 0.6) is 0 Å². The fourth-order valence-electron chi connectivity index (χ4n) is 9.05. The molecule has 83 heavy (non-hydrogen) atoms. The van der Waals surface area contributed by atoms with Crippen LogP contribution in [0.4, 0.5) is 0 Å². The van der Waals surface area contributed by atoms with E-state index in [0.717, 1.165) is 103 Å². The summed E-state index contributed by atoms with van der Waals surface area (Å²) in [6, 6.07) is 0. The fourth-order valence-corrected chi connectivity index (χ4v) is 9.05. The lowest BCUT2D eigenvalue weighted by Gasteiger charge is -2.26. The Morgan fingerprint density at radius 2 is 0.687 bits per heavy atom. The molecule has 0 saturated heterocycles. The number of hydrogen-bond acceptors (Lipinski definition) is 8. The Morgan fingerprint density at radius 3 is 1.02 bits per heavy atom. The van der Waals surface area contributed by atoms with Gasteiger partial charge in [0.05, 0.1) is 40.3 Å². The molecule has 0 aromatic rings. The molecule has 0 amide bonds. The molecule has 474 valence electrons. The maximum absolute atomic E-state index is 12.9. The molecule has 0 aliphatic carbocycles. The van der Waals surface area contributed by atoms with E-state index in [9.17, 15) is 19.5 Å². The van der Waals surface area contributed by atoms with Gasteiger partial charge in [0.2, 0.25) is 0 Å². The highest BCUT2D eigenvalue weighted by molar-refractivity contribution is 5.70. The zero-order valence-electron chi connectivity index (χ0n) is 54.0. The molecule has 0 aliphatic rings. The number of quaternary nitrogens is 1. The second-order valence-electron chi connectivity index (χ2n) is 23.4. The number of ether oxygens (including phenoxy) is 4. The lowest BCUT2D eigenvalue weighted by atomic mass is 10.0. The van der Waals surface area contributed by atoms with E-state index in [1.165, 1.54) is 135 Å². The minimum absolute atomic E-state index is 0.139. The fraction of sp³-hybridized carbons (Fsp3) is 0.689. The Kier molecular flexibility index (Phi) is 60.4. The molecule has 2 unspecified atom stereocenters. The molecule has 0 aliphatic heterocycles. The second-order valence-corrected chi connectivity index (χ2v) is 23.4. The third-order valence-corrected chi connectivity index (χ3v) is 14.2. The van der Waals surface area contributed by atoms with Crippen LogP contribution in [0.25, 0.3) is 0 Å². The number of carbonyl (C=O) groups excluding carboxylic acids is 3. The number of unbranched alkanes of at least 4 members (excludes halogenated alkanes) is 26. The summed E-state index contributed by atoms with van der Waals surface area (Å²) in [5.74, 6) is -2.30. The lowest BCUT2D eigenvalue weighted by Crippen LogP contribution is -2.44. The molecule has 0 radical (unpaired) electrons. The predicted molar refractivity (Wildman–Crippen MR) is 352 cm³/mol. The van der Waals surface area contributed by atoms with E-state index in [-0.39, 0.29) is 38.6 Å². The lowest BCUT2D eigenvalue weighted by molar-refractivity contribution is -0.870. The van der Waals surface area contributed by atoms with E-state index in [2.05, 4.69) is 135 Å². The zero-order chi connectivity index (χ0) is 60.5. The number of aliphatic carboxylic acids is 1. The van der Waals surface area contributed by atoms with Gasteiger partial charge < -0.3 is 33.3 Å². The molecule has 0 bridgehead atoms. The number of esters is 2. The van der Waals surface area contributed by atoms with Crippen molar-refractivity contribution in [3.05, 3.63) is 122 Å². The summed E-state index contributed by atoms with van der Waals surface area (Å²) in [6.45, 7) is 4.61. The van der Waals surface area contributed by atoms with Crippen molar-refractivity contribution in [3.63, 3.8) is 0 Å². The molecule has 0 fully saturated rings. The number of rotatable bonds is 61. The van der Waals surface area contributed by atoms with Crippen LogP contribution >= 0.6 is 0 Å². The molecular weight excluding hydrogens is 1030 g/mol. The molecule has 0 saturated carbocycles. The first kappa shape index (κ1) is 78.7. The number of hydrogen-bond donors (Lipinski definition) is 0. The second kappa shape index (κ2) is 63.7. The molecule has 0 heterocycles. The van der Waals surface area contributed by atoms with Crippen LogP contribution in [0.2, 0.25) is 0 Å². The van der Waals surface area contributed by atoms with E-state index in [1.807, 2.05) is 21.1 Å². The van der Waals surface area contributed by atoms with E-state index in [4.69, 9.17) is 18.9 Å². The van der Waals surface area contributed by atoms with Gasteiger partial charge in [-0.2, -0.15) is 0 Å². The van der Waals surface area contributed by atoms with Crippen molar-refractivity contribution >= 4 is 17.9 Å². The molecule has 0 aromatic carbocycles. The first-order valence-corrected chi connectivity index (χ1v) is 33.7. The van der Waals surface area contributed by atoms with Gasteiger partial charge in [-0.25, -0.2) is 0 Å². The molecular formula is C74H125NO8. The molecule has 9 nitrogen and oxygen atoms in total. The average Bonchev–Trinajstić information content (AvgIpc) is 3.46. The van der Waals surface area contributed by atoms with Crippen LogP contribution in [0.3, 0.4) is 0 Å². The molecule has 0 N–H and O–H groups in total. The monoisotopic (exact) mass is 1160 g/mol. The third kappa shape index (κ3) is 65.1. The molecule has 0 rings (SSSR count). The number of carboxylic acid groups (broad SMARTS) is 1. The summed E-state index contributed by atoms with van der Waals surface area (Å²) in [7, 11) is 5.92. The standard InChI is InChI=1S/C74H125NO8/c1-6-8-10-12-14-16-18-20-22-24-26-28-30-32-34-36-38-40-42-44-46-48-50-52-54-56-58-60-62-64-71(76)81-68-70(69-82-74(73(78)79)80-67-66-75(3,4)5)83-72(77)65-63-61-59-57-55-53-51-49-47-45-43-41-39-37-35-33-31-29-27-25-23-21-19-17-15-13-11-9-7-2/h9,11,15,17-18,20-21,23-24,26-27,29-30,32-33,35,39,41,45,47,70,74H,6-8,10,12-14,16,19,22,25,28,31,34,36-38,40,42-44,46,48-69H2,1-5H3/b11-9-,17-15-,20-18-,23-21-,26-24-,29-27-,32-30-,35-33-,41-39-,47-45-. The number of likely N-dealkylation sites (N-methyl/N-ethyl adjacent to an activating group) is 1. The summed E-state index contributed by atoms with van der Waals surface area (Å²) in [5.41, 5.74) is 0. The van der Waals surface area contributed by atoms with Crippen molar-refractivity contribution in [2.24, 2.45) is 0 Å². The Morgan fingerprint density at radius 1 is 0.373 bits per heavy atom. The summed E-state index contributed by atoms with van der Waals surface area (Å²) in [5, 5.41) is 11.8. The van der Waals surface area contributed by atoms with Crippen LogP contribution in [0.15, 0.2) is 122 Å². The van der Waals surface area contributed by atoms with Crippen molar-refractivity contribution in [1.29, 1.82) is 0 Å². The van der Waals surface area contributed by atoms with Gasteiger partial charge in [-0.1, -0.05) is 270 Å². The number of nitrogens with zero attached hydrogens (tertiary/aromatic N) is 1. The van der Waals surface area contributed by atoms with Crippen molar-refractivity contribution < 1.29 is 42.9 Å². The molecule has 0 aromatic heterocycles. The smallest absolute Gasteiger partial charge is 0.306 e. The van der Waals surface area contributed by atoms with Crippen molar-refractivity contribution in [3.8, 4) is 0 Å². The summed E-state index contributed by atoms with van der Waals surface area (Å²) >= 11 is 0. The van der Waals surface area contributed by atoms with Crippen molar-refractivity contribution in [1.82, 2.24) is 0 Å². The van der Waals surface area contributed by atoms with Crippen LogP contribution in [0, 0.1) is 0 Å². The number of carbonyl (C=O) groups is 3. The van der Waals surface area contributed by atoms with Gasteiger partial charge in [0.15, 0.2) is 12.4 Å². The van der Waals surface area contributed by atoms with Gasteiger partial charge in [-0.3, -0.25) is 9.59 Å². The number of carboxylic acids is 1. The van der Waals surface area contributed by atoms with Crippen LogP contribution in [-0.2, 0) is 33.3 Å². The van der Waals surface area contributed by atoms with Crippen LogP contribution in [-0.4, -0.2) is 82.3 Å². The summed E-state index contributed by atoms with van der Waals surface area (Å²) in [6.07, 6.45) is 86.9. The summed E-state index contributed by atoms with van der Waals surface area (Å²) in [4.78, 5) is 37.5.